The molecule has 26 heavy (non-hydrogen) atoms. The molecule has 0 aromatic heterocycles. The van der Waals surface area contributed by atoms with Crippen LogP contribution in [-0.2, 0) is 5.41 Å². The van der Waals surface area contributed by atoms with E-state index >= 15 is 0 Å². The molecule has 0 bridgehead atoms. The molecule has 0 heterocycles. The van der Waals surface area contributed by atoms with Crippen molar-refractivity contribution in [2.24, 2.45) is 0 Å². The minimum atomic E-state index is -0.190. The van der Waals surface area contributed by atoms with Crippen LogP contribution in [0.5, 0.6) is 0 Å². The van der Waals surface area contributed by atoms with Gasteiger partial charge >= 0.3 is 0 Å². The molecule has 2 aliphatic rings. The van der Waals surface area contributed by atoms with Crippen molar-refractivity contribution in [3.63, 3.8) is 0 Å². The summed E-state index contributed by atoms with van der Waals surface area (Å²) in [5, 5.41) is 0. The molecule has 0 fully saturated rings. The van der Waals surface area contributed by atoms with E-state index < -0.39 is 0 Å². The fourth-order valence-electron chi connectivity index (χ4n) is 4.96. The van der Waals surface area contributed by atoms with Crippen LogP contribution in [0.3, 0.4) is 0 Å². The highest BCUT2D eigenvalue weighted by molar-refractivity contribution is 6.30. The molecule has 0 aliphatic heterocycles. The molecule has 0 nitrogen and oxygen atoms in total. The molecule has 3 aromatic carbocycles. The van der Waals surface area contributed by atoms with Crippen LogP contribution in [0, 0.1) is 0 Å². The van der Waals surface area contributed by atoms with Gasteiger partial charge in [-0.3, -0.25) is 0 Å². The zero-order valence-electron chi connectivity index (χ0n) is 14.9. The van der Waals surface area contributed by atoms with Crippen LogP contribution >= 0.6 is 0 Å². The van der Waals surface area contributed by atoms with E-state index in [9.17, 15) is 0 Å². The second-order valence-electron chi connectivity index (χ2n) is 7.02. The van der Waals surface area contributed by atoms with Gasteiger partial charge in [-0.2, -0.15) is 0 Å². The molecule has 0 saturated carbocycles. The lowest BCUT2D eigenvalue weighted by Crippen LogP contribution is -2.27. The van der Waals surface area contributed by atoms with Crippen LogP contribution in [0.1, 0.15) is 22.3 Å². The van der Waals surface area contributed by atoms with Gasteiger partial charge in [-0.25, -0.2) is 0 Å². The second-order valence-corrected chi connectivity index (χ2v) is 7.02. The molecule has 0 saturated heterocycles. The Hall–Kier alpha value is -3.06. The molecule has 2 aliphatic carbocycles. The summed E-state index contributed by atoms with van der Waals surface area (Å²) in [6.07, 6.45) is 6.10. The van der Waals surface area contributed by atoms with Crippen molar-refractivity contribution in [3.8, 4) is 11.1 Å². The quantitative estimate of drug-likeness (QED) is 0.453. The zero-order chi connectivity index (χ0) is 17.7. The molecule has 0 atom stereocenters. The number of hydrogen-bond donors (Lipinski definition) is 0. The number of allylic oxidation sites excluding steroid dienone is 5. The maximum Gasteiger partial charge on any atom is 0.136 e. The summed E-state index contributed by atoms with van der Waals surface area (Å²) in [4.78, 5) is 0. The van der Waals surface area contributed by atoms with Gasteiger partial charge in [0.15, 0.2) is 0 Å². The van der Waals surface area contributed by atoms with Crippen LogP contribution in [-0.4, -0.2) is 7.85 Å². The fraction of sp³-hybridized carbons (Fsp3) is 0.0400. The molecule has 122 valence electrons. The first-order valence-electron chi connectivity index (χ1n) is 9.10. The third-order valence-electron chi connectivity index (χ3n) is 5.94. The largest absolute Gasteiger partial charge is 0.136 e. The molecule has 0 radical (unpaired) electrons. The average molecular weight is 330 g/mol. The Labute approximate surface area is 155 Å². The van der Waals surface area contributed by atoms with Crippen molar-refractivity contribution in [1.29, 1.82) is 0 Å². The van der Waals surface area contributed by atoms with E-state index in [4.69, 9.17) is 0 Å². The van der Waals surface area contributed by atoms with Gasteiger partial charge in [0, 0.05) is 0 Å². The molecule has 0 unspecified atom stereocenters. The Balaban J connectivity index is 1.97. The van der Waals surface area contributed by atoms with Gasteiger partial charge in [-0.05, 0) is 39.0 Å². The van der Waals surface area contributed by atoms with E-state index in [0.29, 0.717) is 0 Å². The van der Waals surface area contributed by atoms with Gasteiger partial charge in [0.05, 0.1) is 5.41 Å². The molecule has 0 amide bonds. The maximum atomic E-state index is 3.85. The molecule has 1 heteroatoms. The first-order chi connectivity index (χ1) is 12.8. The second kappa shape index (κ2) is 5.47. The molecule has 1 spiro atoms. The Morgan fingerprint density at radius 3 is 1.69 bits per heavy atom. The van der Waals surface area contributed by atoms with Gasteiger partial charge in [-0.15, -0.1) is 0 Å². The standard InChI is InChI=1S/C25H19B/c1-2-3-10-20-19-13-6-9-16-23(19)25(24(20)26)21-14-7-4-11-17(21)18-12-5-8-15-22(18)25/h2-16H,1,26H2/b10-3-. The molecular weight excluding hydrogens is 311 g/mol. The van der Waals surface area contributed by atoms with Crippen LogP contribution in [0.2, 0.25) is 0 Å². The van der Waals surface area contributed by atoms with Crippen molar-refractivity contribution in [3.05, 3.63) is 125 Å². The number of benzene rings is 3. The third kappa shape index (κ3) is 1.70. The number of rotatable bonds is 2. The van der Waals surface area contributed by atoms with Crippen molar-refractivity contribution >= 4 is 13.4 Å². The highest BCUT2D eigenvalue weighted by Gasteiger charge is 2.50. The average Bonchev–Trinajstić information content (AvgIpc) is 3.13. The van der Waals surface area contributed by atoms with Crippen LogP contribution in [0.25, 0.3) is 16.7 Å². The lowest BCUT2D eigenvalue weighted by molar-refractivity contribution is 0.805. The Kier molecular flexibility index (Phi) is 3.20. The van der Waals surface area contributed by atoms with Crippen molar-refractivity contribution in [1.82, 2.24) is 0 Å². The lowest BCUT2D eigenvalue weighted by atomic mass is 9.63. The SMILES string of the molecule is BC1=C(/C=C\C=C)c2ccccc2C12c1ccccc1-c1ccccc12. The molecule has 5 rings (SSSR count). The smallest absolute Gasteiger partial charge is 0.0991 e. The summed E-state index contributed by atoms with van der Waals surface area (Å²) in [6, 6.07) is 26.6. The normalized spacial score (nSPS) is 16.0. The molecular formula is C25H19B. The fourth-order valence-corrected chi connectivity index (χ4v) is 4.96. The monoisotopic (exact) mass is 330 g/mol. The highest BCUT2D eigenvalue weighted by Crippen LogP contribution is 2.60. The molecule has 3 aromatic rings. The minimum Gasteiger partial charge on any atom is -0.0991 e. The van der Waals surface area contributed by atoms with E-state index in [1.165, 1.54) is 44.4 Å². The van der Waals surface area contributed by atoms with Gasteiger partial charge < -0.3 is 0 Å². The minimum absolute atomic E-state index is 0.190. The van der Waals surface area contributed by atoms with Crippen LogP contribution in [0.15, 0.2) is 103 Å². The molecule has 0 N–H and O–H groups in total. The van der Waals surface area contributed by atoms with E-state index in [-0.39, 0.29) is 5.41 Å². The predicted octanol–water partition coefficient (Wildman–Crippen LogP) is 5.10. The lowest BCUT2D eigenvalue weighted by Gasteiger charge is -2.31. The van der Waals surface area contributed by atoms with E-state index in [1.807, 2.05) is 12.2 Å². The summed E-state index contributed by atoms with van der Waals surface area (Å²) < 4.78 is 0. The summed E-state index contributed by atoms with van der Waals surface area (Å²) in [5.41, 5.74) is 10.7. The predicted molar refractivity (Wildman–Crippen MR) is 113 cm³/mol. The summed E-state index contributed by atoms with van der Waals surface area (Å²) in [6.45, 7) is 3.85. The topological polar surface area (TPSA) is 0 Å². The highest BCUT2D eigenvalue weighted by atomic mass is 14.5. The summed E-state index contributed by atoms with van der Waals surface area (Å²) >= 11 is 0. The third-order valence-corrected chi connectivity index (χ3v) is 5.94. The number of hydrogen-bond acceptors (Lipinski definition) is 0. The van der Waals surface area contributed by atoms with Gasteiger partial charge in [0.25, 0.3) is 0 Å². The van der Waals surface area contributed by atoms with E-state index in [2.05, 4.69) is 93.3 Å². The summed E-state index contributed by atoms with van der Waals surface area (Å²) in [5.74, 6) is 0. The first-order valence-corrected chi connectivity index (χ1v) is 9.10. The van der Waals surface area contributed by atoms with Crippen molar-refractivity contribution < 1.29 is 0 Å². The Bertz CT molecular complexity index is 1070. The van der Waals surface area contributed by atoms with Crippen molar-refractivity contribution in [2.75, 3.05) is 0 Å². The zero-order valence-corrected chi connectivity index (χ0v) is 14.9. The van der Waals surface area contributed by atoms with E-state index in [1.54, 1.807) is 0 Å². The van der Waals surface area contributed by atoms with Gasteiger partial charge in [0.2, 0.25) is 0 Å². The van der Waals surface area contributed by atoms with Gasteiger partial charge in [0.1, 0.15) is 7.85 Å². The Morgan fingerprint density at radius 2 is 1.15 bits per heavy atom. The first kappa shape index (κ1) is 15.2. The van der Waals surface area contributed by atoms with Crippen molar-refractivity contribution in [2.45, 2.75) is 5.41 Å². The summed E-state index contributed by atoms with van der Waals surface area (Å²) in [7, 11) is 2.29. The maximum absolute atomic E-state index is 3.85. The van der Waals surface area contributed by atoms with Crippen LogP contribution < -0.4 is 0 Å². The van der Waals surface area contributed by atoms with Gasteiger partial charge in [-0.1, -0.05) is 103 Å². The van der Waals surface area contributed by atoms with Crippen LogP contribution in [0.4, 0.5) is 0 Å². The van der Waals surface area contributed by atoms with E-state index in [0.717, 1.165) is 0 Å². The Morgan fingerprint density at radius 1 is 0.692 bits per heavy atom. The number of fused-ring (bicyclic) bond motifs is 7.